The van der Waals surface area contributed by atoms with Crippen LogP contribution in [0.25, 0.3) is 0 Å². The minimum atomic E-state index is -3.99. The molecule has 8 heteroatoms. The molecule has 0 unspecified atom stereocenters. The van der Waals surface area contributed by atoms with E-state index < -0.39 is 26.7 Å². The zero-order chi connectivity index (χ0) is 10.8. The number of carboxylic acids is 1. The molecule has 0 spiro atoms. The lowest BCUT2D eigenvalue weighted by Gasteiger charge is -1.98. The lowest BCUT2D eigenvalue weighted by atomic mass is 10.7. The van der Waals surface area contributed by atoms with Crippen LogP contribution in [0, 0.1) is 0 Å². The van der Waals surface area contributed by atoms with Gasteiger partial charge in [0.1, 0.15) is 5.15 Å². The van der Waals surface area contributed by atoms with Crippen molar-refractivity contribution in [2.24, 2.45) is 0 Å². The molecule has 0 saturated heterocycles. The van der Waals surface area contributed by atoms with Crippen LogP contribution in [-0.4, -0.2) is 35.2 Å². The van der Waals surface area contributed by atoms with Crippen LogP contribution < -0.4 is 0 Å². The molecule has 0 amide bonds. The average molecular weight is 237 g/mol. The van der Waals surface area contributed by atoms with Crippen molar-refractivity contribution in [3.63, 3.8) is 0 Å². The molecule has 0 atom stereocenters. The van der Waals surface area contributed by atoms with E-state index in [0.29, 0.717) is 0 Å². The highest BCUT2D eigenvalue weighted by Crippen LogP contribution is 2.08. The van der Waals surface area contributed by atoms with Crippen LogP contribution in [0.15, 0.2) is 17.4 Å². The van der Waals surface area contributed by atoms with Crippen LogP contribution in [0.5, 0.6) is 0 Å². The maximum atomic E-state index is 11.2. The summed E-state index contributed by atoms with van der Waals surface area (Å²) in [6.45, 7) is 0. The number of hydrogen-bond acceptors (Lipinski definition) is 5. The Balaban J connectivity index is 3.11. The first-order chi connectivity index (χ1) is 6.42. The molecular weight excluding hydrogens is 232 g/mol. The number of aromatic nitrogens is 2. The van der Waals surface area contributed by atoms with Crippen molar-refractivity contribution in [3.8, 4) is 0 Å². The number of halogens is 1. The van der Waals surface area contributed by atoms with Crippen LogP contribution in [0.3, 0.4) is 0 Å². The molecule has 14 heavy (non-hydrogen) atoms. The van der Waals surface area contributed by atoms with E-state index in [2.05, 4.69) is 9.97 Å². The van der Waals surface area contributed by atoms with Crippen LogP contribution >= 0.6 is 11.6 Å². The Labute approximate surface area is 84.5 Å². The van der Waals surface area contributed by atoms with E-state index in [4.69, 9.17) is 16.7 Å². The second kappa shape index (κ2) is 3.89. The third-order valence-corrected chi connectivity index (χ3v) is 2.78. The molecule has 76 valence electrons. The highest BCUT2D eigenvalue weighted by atomic mass is 35.5. The van der Waals surface area contributed by atoms with Gasteiger partial charge in [-0.3, -0.25) is 4.79 Å². The molecule has 0 aliphatic rings. The SMILES string of the molecule is O=C(O)CS(=O)(=O)c1nccc(Cl)n1. The summed E-state index contributed by atoms with van der Waals surface area (Å²) in [5, 5.41) is 7.68. The molecule has 0 radical (unpaired) electrons. The summed E-state index contributed by atoms with van der Waals surface area (Å²) in [4.78, 5) is 17.0. The van der Waals surface area contributed by atoms with Crippen LogP contribution in [0.4, 0.5) is 0 Å². The fourth-order valence-electron chi connectivity index (χ4n) is 0.697. The van der Waals surface area contributed by atoms with Gasteiger partial charge in [-0.15, -0.1) is 0 Å². The van der Waals surface area contributed by atoms with Gasteiger partial charge in [-0.1, -0.05) is 11.6 Å². The summed E-state index contributed by atoms with van der Waals surface area (Å²) in [7, 11) is -3.99. The van der Waals surface area contributed by atoms with E-state index in [-0.39, 0.29) is 5.15 Å². The molecule has 1 N–H and O–H groups in total. The topological polar surface area (TPSA) is 97.2 Å². The van der Waals surface area contributed by atoms with Gasteiger partial charge in [0.2, 0.25) is 15.0 Å². The van der Waals surface area contributed by atoms with Gasteiger partial charge in [0.25, 0.3) is 0 Å². The maximum absolute atomic E-state index is 11.2. The molecule has 0 aliphatic heterocycles. The normalized spacial score (nSPS) is 11.2. The summed E-state index contributed by atoms with van der Waals surface area (Å²) in [5.74, 6) is -2.51. The molecule has 1 aromatic rings. The molecule has 0 bridgehead atoms. The second-order valence-electron chi connectivity index (χ2n) is 2.31. The van der Waals surface area contributed by atoms with Crippen LogP contribution in [0.1, 0.15) is 0 Å². The van der Waals surface area contributed by atoms with Crippen molar-refractivity contribution in [3.05, 3.63) is 17.4 Å². The summed E-state index contributed by atoms with van der Waals surface area (Å²) in [6, 6.07) is 1.29. The fourth-order valence-corrected chi connectivity index (χ4v) is 1.80. The number of hydrogen-bond donors (Lipinski definition) is 1. The molecule has 1 aromatic heterocycles. The molecular formula is C6H5ClN2O4S. The third kappa shape index (κ3) is 2.64. The molecule has 0 aliphatic carbocycles. The van der Waals surface area contributed by atoms with Gasteiger partial charge in [0, 0.05) is 6.20 Å². The smallest absolute Gasteiger partial charge is 0.319 e. The quantitative estimate of drug-likeness (QED) is 0.586. The summed E-state index contributed by atoms with van der Waals surface area (Å²) in [6.07, 6.45) is 1.14. The first-order valence-corrected chi connectivity index (χ1v) is 5.38. The Kier molecular flexibility index (Phi) is 3.02. The van der Waals surface area contributed by atoms with Crippen molar-refractivity contribution in [1.29, 1.82) is 0 Å². The van der Waals surface area contributed by atoms with Gasteiger partial charge in [-0.25, -0.2) is 18.4 Å². The molecule has 0 fully saturated rings. The van der Waals surface area contributed by atoms with Gasteiger partial charge >= 0.3 is 5.97 Å². The number of nitrogens with zero attached hydrogens (tertiary/aromatic N) is 2. The van der Waals surface area contributed by atoms with Crippen LogP contribution in [-0.2, 0) is 14.6 Å². The van der Waals surface area contributed by atoms with Crippen molar-refractivity contribution in [1.82, 2.24) is 9.97 Å². The van der Waals surface area contributed by atoms with E-state index >= 15 is 0 Å². The second-order valence-corrected chi connectivity index (χ2v) is 4.59. The zero-order valence-electron chi connectivity index (χ0n) is 6.71. The van der Waals surface area contributed by atoms with Gasteiger partial charge in [0.05, 0.1) is 0 Å². The number of aliphatic carboxylic acids is 1. The largest absolute Gasteiger partial charge is 0.480 e. The summed E-state index contributed by atoms with van der Waals surface area (Å²) >= 11 is 5.42. The van der Waals surface area contributed by atoms with Gasteiger partial charge in [-0.05, 0) is 6.07 Å². The molecule has 6 nitrogen and oxygen atoms in total. The van der Waals surface area contributed by atoms with Crippen LogP contribution in [0.2, 0.25) is 5.15 Å². The standard InChI is InChI=1S/C6H5ClN2O4S/c7-4-1-2-8-6(9-4)14(12,13)3-5(10)11/h1-2H,3H2,(H,10,11). The Hall–Kier alpha value is -1.21. The van der Waals surface area contributed by atoms with Crippen molar-refractivity contribution in [2.45, 2.75) is 5.16 Å². The van der Waals surface area contributed by atoms with Gasteiger partial charge in [-0.2, -0.15) is 0 Å². The Morgan fingerprint density at radius 2 is 2.21 bits per heavy atom. The van der Waals surface area contributed by atoms with E-state index in [0.717, 1.165) is 6.20 Å². The highest BCUT2D eigenvalue weighted by molar-refractivity contribution is 7.91. The van der Waals surface area contributed by atoms with E-state index in [1.807, 2.05) is 0 Å². The summed E-state index contributed by atoms with van der Waals surface area (Å²) < 4.78 is 22.5. The molecule has 0 aromatic carbocycles. The minimum Gasteiger partial charge on any atom is -0.480 e. The first-order valence-electron chi connectivity index (χ1n) is 3.35. The predicted molar refractivity (Wildman–Crippen MR) is 46.7 cm³/mol. The highest BCUT2D eigenvalue weighted by Gasteiger charge is 2.21. The molecule has 1 rings (SSSR count). The summed E-state index contributed by atoms with van der Waals surface area (Å²) in [5.41, 5.74) is 0. The molecule has 1 heterocycles. The lowest BCUT2D eigenvalue weighted by Crippen LogP contribution is -2.17. The Bertz CT molecular complexity index is 459. The monoisotopic (exact) mass is 236 g/mol. The predicted octanol–water partition coefficient (Wildman–Crippen LogP) is -0.0117. The number of carbonyl (C=O) groups is 1. The number of carboxylic acid groups (broad SMARTS) is 1. The van der Waals surface area contributed by atoms with E-state index in [9.17, 15) is 13.2 Å². The average Bonchev–Trinajstić information content (AvgIpc) is 2.01. The minimum absolute atomic E-state index is 0.0519. The number of sulfone groups is 1. The maximum Gasteiger partial charge on any atom is 0.319 e. The molecule has 0 saturated carbocycles. The zero-order valence-corrected chi connectivity index (χ0v) is 8.29. The Morgan fingerprint density at radius 1 is 1.57 bits per heavy atom. The van der Waals surface area contributed by atoms with Crippen molar-refractivity contribution in [2.75, 3.05) is 5.75 Å². The lowest BCUT2D eigenvalue weighted by molar-refractivity contribution is -0.134. The van der Waals surface area contributed by atoms with E-state index in [1.165, 1.54) is 6.07 Å². The van der Waals surface area contributed by atoms with Crippen molar-refractivity contribution < 1.29 is 18.3 Å². The first kappa shape index (κ1) is 10.9. The van der Waals surface area contributed by atoms with E-state index in [1.54, 1.807) is 0 Å². The van der Waals surface area contributed by atoms with Gasteiger partial charge < -0.3 is 5.11 Å². The fraction of sp³-hybridized carbons (Fsp3) is 0.167. The number of rotatable bonds is 3. The van der Waals surface area contributed by atoms with Gasteiger partial charge in [0.15, 0.2) is 5.75 Å². The third-order valence-electron chi connectivity index (χ3n) is 1.19. The van der Waals surface area contributed by atoms with Crippen molar-refractivity contribution >= 4 is 27.4 Å². The Morgan fingerprint density at radius 3 is 2.71 bits per heavy atom.